The number of nitrogens with zero attached hydrogens (tertiary/aromatic N) is 2. The van der Waals surface area contributed by atoms with Gasteiger partial charge in [-0.25, -0.2) is 0 Å². The van der Waals surface area contributed by atoms with Gasteiger partial charge in [-0.3, -0.25) is 0 Å². The molecule has 2 nitrogen and oxygen atoms in total. The summed E-state index contributed by atoms with van der Waals surface area (Å²) in [7, 11) is 0. The van der Waals surface area contributed by atoms with Crippen molar-refractivity contribution in [2.24, 2.45) is 0 Å². The maximum absolute atomic E-state index is 8.61. The van der Waals surface area contributed by atoms with Crippen molar-refractivity contribution in [3.63, 3.8) is 0 Å². The van der Waals surface area contributed by atoms with Crippen molar-refractivity contribution >= 4 is 0 Å². The van der Waals surface area contributed by atoms with E-state index in [-0.39, 0.29) is 0 Å². The van der Waals surface area contributed by atoms with Gasteiger partial charge in [0.25, 0.3) is 0 Å². The molecule has 1 heterocycles. The molecule has 1 aromatic heterocycles. The fourth-order valence-corrected chi connectivity index (χ4v) is 0.894. The summed E-state index contributed by atoms with van der Waals surface area (Å²) in [4.78, 5) is 0. The molecule has 0 amide bonds. The van der Waals surface area contributed by atoms with Gasteiger partial charge in [0.2, 0.25) is 0 Å². The third-order valence-corrected chi connectivity index (χ3v) is 1.48. The van der Waals surface area contributed by atoms with Crippen LogP contribution in [-0.2, 0) is 6.54 Å². The molecule has 0 N–H and O–H groups in total. The molecule has 11 heavy (non-hydrogen) atoms. The lowest BCUT2D eigenvalue weighted by atomic mass is 10.4. The zero-order valence-electron chi connectivity index (χ0n) is 6.49. The summed E-state index contributed by atoms with van der Waals surface area (Å²) in [6.07, 6.45) is 5.89. The van der Waals surface area contributed by atoms with E-state index in [0.717, 1.165) is 6.54 Å². The molecule has 56 valence electrons. The molecule has 2 heteroatoms. The number of hydrogen-bond acceptors (Lipinski definition) is 1. The van der Waals surface area contributed by atoms with Crippen molar-refractivity contribution < 1.29 is 0 Å². The lowest BCUT2D eigenvalue weighted by molar-refractivity contribution is 0.815. The lowest BCUT2D eigenvalue weighted by Crippen LogP contribution is -1.95. The summed E-state index contributed by atoms with van der Waals surface area (Å²) in [6, 6.07) is 5.80. The van der Waals surface area contributed by atoms with E-state index in [9.17, 15) is 0 Å². The highest BCUT2D eigenvalue weighted by atomic mass is 15.0. The zero-order valence-corrected chi connectivity index (χ0v) is 6.49. The predicted molar refractivity (Wildman–Crippen MR) is 44.0 cm³/mol. The van der Waals surface area contributed by atoms with Crippen LogP contribution in [0, 0.1) is 11.3 Å². The van der Waals surface area contributed by atoms with Crippen LogP contribution in [-0.4, -0.2) is 4.57 Å². The van der Waals surface area contributed by atoms with Gasteiger partial charge in [-0.05, 0) is 19.1 Å². The lowest BCUT2D eigenvalue weighted by Gasteiger charge is -1.97. The molecule has 0 unspecified atom stereocenters. The Morgan fingerprint density at radius 1 is 1.73 bits per heavy atom. The van der Waals surface area contributed by atoms with Crippen molar-refractivity contribution in [1.29, 1.82) is 5.26 Å². The molecular weight excluding hydrogens is 136 g/mol. The topological polar surface area (TPSA) is 28.7 Å². The van der Waals surface area contributed by atoms with E-state index in [4.69, 9.17) is 5.26 Å². The van der Waals surface area contributed by atoms with Crippen LogP contribution in [0.3, 0.4) is 0 Å². The van der Waals surface area contributed by atoms with Crippen LogP contribution in [0.15, 0.2) is 30.5 Å². The standard InChI is InChI=1S/C9H10N2/c1-2-3-6-11-7-4-5-9(11)8-10/h2-5,7H,6H2,1H3/b3-2+. The van der Waals surface area contributed by atoms with E-state index in [1.807, 2.05) is 42.0 Å². The SMILES string of the molecule is C/C=C/Cn1cccc1C#N. The Balaban J connectivity index is 2.78. The monoisotopic (exact) mass is 146 g/mol. The first-order valence-corrected chi connectivity index (χ1v) is 3.55. The number of allylic oxidation sites excluding steroid dienone is 2. The van der Waals surface area contributed by atoms with Crippen molar-refractivity contribution in [3.8, 4) is 6.07 Å². The second-order valence-electron chi connectivity index (χ2n) is 2.23. The highest BCUT2D eigenvalue weighted by Gasteiger charge is 1.94. The Morgan fingerprint density at radius 3 is 3.18 bits per heavy atom. The van der Waals surface area contributed by atoms with Gasteiger partial charge in [0.05, 0.1) is 0 Å². The van der Waals surface area contributed by atoms with Crippen LogP contribution < -0.4 is 0 Å². The quantitative estimate of drug-likeness (QED) is 0.586. The van der Waals surface area contributed by atoms with Crippen molar-refractivity contribution in [2.75, 3.05) is 0 Å². The van der Waals surface area contributed by atoms with Gasteiger partial charge in [0, 0.05) is 12.7 Å². The maximum Gasteiger partial charge on any atom is 0.120 e. The van der Waals surface area contributed by atoms with E-state index < -0.39 is 0 Å². The summed E-state index contributed by atoms with van der Waals surface area (Å²) in [6.45, 7) is 2.75. The van der Waals surface area contributed by atoms with Gasteiger partial charge < -0.3 is 4.57 Å². The number of rotatable bonds is 2. The van der Waals surface area contributed by atoms with E-state index in [1.165, 1.54) is 0 Å². The smallest absolute Gasteiger partial charge is 0.120 e. The Kier molecular flexibility index (Phi) is 2.51. The first kappa shape index (κ1) is 7.62. The van der Waals surface area contributed by atoms with Gasteiger partial charge in [-0.1, -0.05) is 12.2 Å². The summed E-state index contributed by atoms with van der Waals surface area (Å²) in [5.41, 5.74) is 0.711. The first-order valence-electron chi connectivity index (χ1n) is 3.55. The Hall–Kier alpha value is -1.49. The second kappa shape index (κ2) is 3.62. The molecular formula is C9H10N2. The fraction of sp³-hybridized carbons (Fsp3) is 0.222. The number of aromatic nitrogens is 1. The van der Waals surface area contributed by atoms with E-state index in [2.05, 4.69) is 6.07 Å². The van der Waals surface area contributed by atoms with Crippen LogP contribution in [0.4, 0.5) is 0 Å². The Morgan fingerprint density at radius 2 is 2.55 bits per heavy atom. The highest BCUT2D eigenvalue weighted by Crippen LogP contribution is 1.99. The zero-order chi connectivity index (χ0) is 8.10. The molecule has 0 radical (unpaired) electrons. The number of hydrogen-bond donors (Lipinski definition) is 0. The molecule has 0 saturated carbocycles. The van der Waals surface area contributed by atoms with Crippen LogP contribution in [0.25, 0.3) is 0 Å². The molecule has 0 atom stereocenters. The molecule has 1 aromatic rings. The van der Waals surface area contributed by atoms with E-state index >= 15 is 0 Å². The molecule has 0 spiro atoms. The molecule has 0 saturated heterocycles. The van der Waals surface area contributed by atoms with Gasteiger partial charge in [0.1, 0.15) is 11.8 Å². The average molecular weight is 146 g/mol. The molecule has 0 aliphatic carbocycles. The predicted octanol–water partition coefficient (Wildman–Crippen LogP) is 1.94. The molecule has 0 aliphatic heterocycles. The molecule has 1 rings (SSSR count). The normalized spacial score (nSPS) is 10.2. The maximum atomic E-state index is 8.61. The Labute approximate surface area is 66.4 Å². The third-order valence-electron chi connectivity index (χ3n) is 1.48. The van der Waals surface area contributed by atoms with Crippen LogP contribution in [0.2, 0.25) is 0 Å². The summed E-state index contributed by atoms with van der Waals surface area (Å²) in [5.74, 6) is 0. The van der Waals surface area contributed by atoms with Crippen LogP contribution >= 0.6 is 0 Å². The second-order valence-corrected chi connectivity index (χ2v) is 2.23. The van der Waals surface area contributed by atoms with Crippen LogP contribution in [0.5, 0.6) is 0 Å². The first-order chi connectivity index (χ1) is 5.38. The Bertz CT molecular complexity index is 289. The van der Waals surface area contributed by atoms with Crippen LogP contribution in [0.1, 0.15) is 12.6 Å². The van der Waals surface area contributed by atoms with Crippen molar-refractivity contribution in [2.45, 2.75) is 13.5 Å². The molecule has 0 bridgehead atoms. The minimum atomic E-state index is 0.711. The van der Waals surface area contributed by atoms with Crippen molar-refractivity contribution in [3.05, 3.63) is 36.2 Å². The third kappa shape index (κ3) is 1.71. The highest BCUT2D eigenvalue weighted by molar-refractivity contribution is 5.22. The number of nitriles is 1. The molecule has 0 fully saturated rings. The molecule has 0 aliphatic rings. The summed E-state index contributed by atoms with van der Waals surface area (Å²) < 4.78 is 1.90. The largest absolute Gasteiger partial charge is 0.336 e. The molecule has 0 aromatic carbocycles. The summed E-state index contributed by atoms with van der Waals surface area (Å²) in [5, 5.41) is 8.61. The van der Waals surface area contributed by atoms with E-state index in [0.29, 0.717) is 5.69 Å². The minimum Gasteiger partial charge on any atom is -0.336 e. The summed E-state index contributed by atoms with van der Waals surface area (Å²) >= 11 is 0. The van der Waals surface area contributed by atoms with Gasteiger partial charge in [0.15, 0.2) is 0 Å². The average Bonchev–Trinajstić information content (AvgIpc) is 2.47. The van der Waals surface area contributed by atoms with Gasteiger partial charge in [-0.2, -0.15) is 5.26 Å². The minimum absolute atomic E-state index is 0.711. The van der Waals surface area contributed by atoms with Gasteiger partial charge >= 0.3 is 0 Å². The van der Waals surface area contributed by atoms with Gasteiger partial charge in [-0.15, -0.1) is 0 Å². The fourth-order valence-electron chi connectivity index (χ4n) is 0.894. The van der Waals surface area contributed by atoms with E-state index in [1.54, 1.807) is 0 Å². The van der Waals surface area contributed by atoms with Crippen molar-refractivity contribution in [1.82, 2.24) is 4.57 Å².